The second-order valence-electron chi connectivity index (χ2n) is 6.87. The zero-order valence-corrected chi connectivity index (χ0v) is 14.1. The zero-order valence-electron chi connectivity index (χ0n) is 14.1. The Balaban J connectivity index is 2.16. The first-order valence-electron chi connectivity index (χ1n) is 8.50. The molecule has 118 valence electrons. The second kappa shape index (κ2) is 7.42. The van der Waals surface area contributed by atoms with Crippen molar-refractivity contribution < 1.29 is 4.74 Å². The molecule has 0 spiro atoms. The van der Waals surface area contributed by atoms with Crippen molar-refractivity contribution >= 4 is 0 Å². The maximum absolute atomic E-state index is 5.69. The van der Waals surface area contributed by atoms with Gasteiger partial charge in [-0.25, -0.2) is 0 Å². The number of ether oxygens (including phenoxy) is 1. The van der Waals surface area contributed by atoms with E-state index in [1.807, 2.05) is 0 Å². The Morgan fingerprint density at radius 1 is 1.24 bits per heavy atom. The van der Waals surface area contributed by atoms with Crippen LogP contribution in [0.1, 0.15) is 64.1 Å². The van der Waals surface area contributed by atoms with E-state index in [2.05, 4.69) is 57.3 Å². The van der Waals surface area contributed by atoms with E-state index in [4.69, 9.17) is 4.74 Å². The summed E-state index contributed by atoms with van der Waals surface area (Å²) in [6.45, 7) is 11.9. The fourth-order valence-electron chi connectivity index (χ4n) is 3.15. The summed E-state index contributed by atoms with van der Waals surface area (Å²) in [6, 6.07) is 9.68. The molecule has 1 saturated heterocycles. The molecule has 2 atom stereocenters. The minimum atomic E-state index is 0.264. The molecule has 2 heteroatoms. The zero-order chi connectivity index (χ0) is 15.3. The summed E-state index contributed by atoms with van der Waals surface area (Å²) in [5, 5.41) is 3.66. The number of nitrogens with one attached hydrogen (secondary N) is 1. The Labute approximate surface area is 130 Å². The molecule has 0 saturated carbocycles. The average Bonchev–Trinajstić information content (AvgIpc) is 2.53. The van der Waals surface area contributed by atoms with Crippen molar-refractivity contribution in [1.82, 2.24) is 5.32 Å². The van der Waals surface area contributed by atoms with E-state index in [-0.39, 0.29) is 5.41 Å². The van der Waals surface area contributed by atoms with Gasteiger partial charge in [0.05, 0.1) is 6.61 Å². The molecule has 1 aromatic carbocycles. The molecule has 2 rings (SSSR count). The lowest BCUT2D eigenvalue weighted by molar-refractivity contribution is 0.0393. The lowest BCUT2D eigenvalue weighted by Crippen LogP contribution is -2.33. The number of rotatable bonds is 6. The summed E-state index contributed by atoms with van der Waals surface area (Å²) >= 11 is 0. The molecule has 21 heavy (non-hydrogen) atoms. The molecule has 1 aliphatic rings. The molecular formula is C19H31NO. The first-order chi connectivity index (χ1) is 10.1. The summed E-state index contributed by atoms with van der Waals surface area (Å²) in [5.41, 5.74) is 3.10. The summed E-state index contributed by atoms with van der Waals surface area (Å²) in [6.07, 6.45) is 3.62. The third-order valence-corrected chi connectivity index (χ3v) is 5.03. The third kappa shape index (κ3) is 4.08. The predicted molar refractivity (Wildman–Crippen MR) is 89.7 cm³/mol. The molecule has 1 fully saturated rings. The standard InChI is InChI=1S/C19H31NO/c1-5-19(3,4)17-11-9-15(10-12-17)18(20-6-2)16-8-7-13-21-14-16/h9-12,16,18,20H,5-8,13-14H2,1-4H3. The number of hydrogen-bond acceptors (Lipinski definition) is 2. The fourth-order valence-corrected chi connectivity index (χ4v) is 3.15. The molecule has 1 aromatic rings. The molecule has 0 bridgehead atoms. The normalized spacial score (nSPS) is 21.2. The van der Waals surface area contributed by atoms with E-state index in [1.54, 1.807) is 0 Å². The van der Waals surface area contributed by atoms with Crippen molar-refractivity contribution in [2.24, 2.45) is 5.92 Å². The summed E-state index contributed by atoms with van der Waals surface area (Å²) in [4.78, 5) is 0. The number of hydrogen-bond donors (Lipinski definition) is 1. The molecule has 1 N–H and O–H groups in total. The Hall–Kier alpha value is -0.860. The Bertz CT molecular complexity index is 418. The maximum Gasteiger partial charge on any atom is 0.0512 e. The van der Waals surface area contributed by atoms with E-state index in [0.717, 1.165) is 19.8 Å². The lowest BCUT2D eigenvalue weighted by Gasteiger charge is -2.32. The molecule has 2 nitrogen and oxygen atoms in total. The van der Waals surface area contributed by atoms with Crippen molar-refractivity contribution in [3.63, 3.8) is 0 Å². The van der Waals surface area contributed by atoms with Crippen LogP contribution in [-0.2, 0) is 10.2 Å². The molecule has 0 radical (unpaired) electrons. The van der Waals surface area contributed by atoms with Crippen LogP contribution in [0.25, 0.3) is 0 Å². The topological polar surface area (TPSA) is 21.3 Å². The van der Waals surface area contributed by atoms with Gasteiger partial charge in [0, 0.05) is 18.6 Å². The van der Waals surface area contributed by atoms with Gasteiger partial charge in [-0.2, -0.15) is 0 Å². The lowest BCUT2D eigenvalue weighted by atomic mass is 9.81. The van der Waals surface area contributed by atoms with Crippen LogP contribution in [-0.4, -0.2) is 19.8 Å². The minimum absolute atomic E-state index is 0.264. The highest BCUT2D eigenvalue weighted by atomic mass is 16.5. The third-order valence-electron chi connectivity index (χ3n) is 5.03. The van der Waals surface area contributed by atoms with Gasteiger partial charge in [0.25, 0.3) is 0 Å². The molecular weight excluding hydrogens is 258 g/mol. The van der Waals surface area contributed by atoms with E-state index >= 15 is 0 Å². The smallest absolute Gasteiger partial charge is 0.0512 e. The first-order valence-corrected chi connectivity index (χ1v) is 8.50. The van der Waals surface area contributed by atoms with Crippen LogP contribution in [0.5, 0.6) is 0 Å². The SMILES string of the molecule is CCNC(c1ccc(C(C)(C)CC)cc1)C1CCCOC1. The van der Waals surface area contributed by atoms with Crippen LogP contribution in [0.3, 0.4) is 0 Å². The van der Waals surface area contributed by atoms with Gasteiger partial charge in [0.1, 0.15) is 0 Å². The van der Waals surface area contributed by atoms with E-state index in [1.165, 1.54) is 30.4 Å². The molecule has 1 aliphatic heterocycles. The molecule has 0 amide bonds. The van der Waals surface area contributed by atoms with Crippen LogP contribution in [0, 0.1) is 5.92 Å². The van der Waals surface area contributed by atoms with Crippen LogP contribution < -0.4 is 5.32 Å². The average molecular weight is 289 g/mol. The van der Waals surface area contributed by atoms with Gasteiger partial charge in [-0.05, 0) is 42.3 Å². The van der Waals surface area contributed by atoms with Crippen molar-refractivity contribution in [3.05, 3.63) is 35.4 Å². The Morgan fingerprint density at radius 3 is 2.48 bits per heavy atom. The largest absolute Gasteiger partial charge is 0.381 e. The van der Waals surface area contributed by atoms with Crippen LogP contribution >= 0.6 is 0 Å². The Morgan fingerprint density at radius 2 is 1.95 bits per heavy atom. The summed E-state index contributed by atoms with van der Waals surface area (Å²) < 4.78 is 5.69. The number of benzene rings is 1. The highest BCUT2D eigenvalue weighted by molar-refractivity contribution is 5.30. The van der Waals surface area contributed by atoms with Gasteiger partial charge >= 0.3 is 0 Å². The van der Waals surface area contributed by atoms with Crippen molar-refractivity contribution in [2.75, 3.05) is 19.8 Å². The monoisotopic (exact) mass is 289 g/mol. The maximum atomic E-state index is 5.69. The highest BCUT2D eigenvalue weighted by Gasteiger charge is 2.25. The highest BCUT2D eigenvalue weighted by Crippen LogP contribution is 2.31. The van der Waals surface area contributed by atoms with Crippen molar-refractivity contribution in [3.8, 4) is 0 Å². The minimum Gasteiger partial charge on any atom is -0.381 e. The quantitative estimate of drug-likeness (QED) is 0.835. The van der Waals surface area contributed by atoms with E-state index < -0.39 is 0 Å². The van der Waals surface area contributed by atoms with Crippen LogP contribution in [0.15, 0.2) is 24.3 Å². The van der Waals surface area contributed by atoms with Crippen molar-refractivity contribution in [2.45, 2.75) is 58.4 Å². The molecule has 0 aliphatic carbocycles. The van der Waals surface area contributed by atoms with Gasteiger partial charge in [0.15, 0.2) is 0 Å². The molecule has 0 aromatic heterocycles. The molecule has 1 heterocycles. The summed E-state index contributed by atoms with van der Waals surface area (Å²) in [7, 11) is 0. The van der Waals surface area contributed by atoms with Crippen LogP contribution in [0.2, 0.25) is 0 Å². The van der Waals surface area contributed by atoms with Crippen molar-refractivity contribution in [1.29, 1.82) is 0 Å². The van der Waals surface area contributed by atoms with Gasteiger partial charge in [0.2, 0.25) is 0 Å². The van der Waals surface area contributed by atoms with E-state index in [9.17, 15) is 0 Å². The first kappa shape index (κ1) is 16.5. The van der Waals surface area contributed by atoms with Gasteiger partial charge in [-0.3, -0.25) is 0 Å². The van der Waals surface area contributed by atoms with Gasteiger partial charge < -0.3 is 10.1 Å². The van der Waals surface area contributed by atoms with Gasteiger partial charge in [-0.1, -0.05) is 52.0 Å². The second-order valence-corrected chi connectivity index (χ2v) is 6.87. The molecule has 2 unspecified atom stereocenters. The predicted octanol–water partition coefficient (Wildman–Crippen LogP) is 4.45. The van der Waals surface area contributed by atoms with Gasteiger partial charge in [-0.15, -0.1) is 0 Å². The van der Waals surface area contributed by atoms with Crippen LogP contribution in [0.4, 0.5) is 0 Å². The summed E-state index contributed by atoms with van der Waals surface area (Å²) in [5.74, 6) is 0.601. The Kier molecular flexibility index (Phi) is 5.83. The fraction of sp³-hybridized carbons (Fsp3) is 0.684. The van der Waals surface area contributed by atoms with E-state index in [0.29, 0.717) is 12.0 Å².